The predicted molar refractivity (Wildman–Crippen MR) is 93.9 cm³/mol. The summed E-state index contributed by atoms with van der Waals surface area (Å²) in [5.41, 5.74) is 2.87. The van der Waals surface area contributed by atoms with Gasteiger partial charge in [-0.3, -0.25) is 4.79 Å². The lowest BCUT2D eigenvalue weighted by atomic mass is 10.0. The first kappa shape index (κ1) is 17.5. The molecule has 1 N–H and O–H groups in total. The molecule has 126 valence electrons. The van der Waals surface area contributed by atoms with Crippen LogP contribution in [0.3, 0.4) is 0 Å². The number of rotatable bonds is 8. The first-order chi connectivity index (χ1) is 11.0. The lowest BCUT2D eigenvalue weighted by Crippen LogP contribution is -2.10. The van der Waals surface area contributed by atoms with Gasteiger partial charge in [0, 0.05) is 12.5 Å². The van der Waals surface area contributed by atoms with E-state index in [1.807, 2.05) is 18.2 Å². The molecule has 2 aromatic rings. The van der Waals surface area contributed by atoms with Crippen LogP contribution < -0.4 is 0 Å². The van der Waals surface area contributed by atoms with Crippen LogP contribution >= 0.6 is 0 Å². The van der Waals surface area contributed by atoms with Gasteiger partial charge in [-0.2, -0.15) is 0 Å². The van der Waals surface area contributed by atoms with Gasteiger partial charge in [0.1, 0.15) is 5.82 Å². The average Bonchev–Trinajstić information content (AvgIpc) is 2.83. The molecule has 23 heavy (non-hydrogen) atoms. The molecule has 0 fully saturated rings. The van der Waals surface area contributed by atoms with Gasteiger partial charge < -0.3 is 9.67 Å². The van der Waals surface area contributed by atoms with E-state index in [0.717, 1.165) is 48.2 Å². The molecule has 0 saturated heterocycles. The topological polar surface area (TPSA) is 55.1 Å². The maximum atomic E-state index is 10.9. The average molecular weight is 316 g/mol. The highest BCUT2D eigenvalue weighted by Crippen LogP contribution is 2.28. The number of imidazole rings is 1. The van der Waals surface area contributed by atoms with E-state index in [1.54, 1.807) is 0 Å². The highest BCUT2D eigenvalue weighted by atomic mass is 16.4. The molecule has 0 aliphatic carbocycles. The van der Waals surface area contributed by atoms with E-state index in [9.17, 15) is 4.79 Å². The molecular formula is C19H28N2O2. The summed E-state index contributed by atoms with van der Waals surface area (Å²) in [6.45, 7) is 9.85. The summed E-state index contributed by atoms with van der Waals surface area (Å²) in [6, 6.07) is 5.88. The zero-order valence-corrected chi connectivity index (χ0v) is 14.7. The van der Waals surface area contributed by atoms with Crippen molar-refractivity contribution in [2.45, 2.75) is 65.8 Å². The number of benzene rings is 1. The highest BCUT2D eigenvalue weighted by Gasteiger charge is 2.18. The second-order valence-electron chi connectivity index (χ2n) is 6.71. The van der Waals surface area contributed by atoms with Gasteiger partial charge in [0.25, 0.3) is 0 Å². The summed E-state index contributed by atoms with van der Waals surface area (Å²) in [6.07, 6.45) is 3.32. The van der Waals surface area contributed by atoms with Crippen LogP contribution in [0.2, 0.25) is 0 Å². The largest absolute Gasteiger partial charge is 0.481 e. The van der Waals surface area contributed by atoms with Crippen molar-refractivity contribution in [1.29, 1.82) is 0 Å². The molecule has 0 aliphatic rings. The minimum atomic E-state index is -0.802. The molecule has 0 saturated carbocycles. The minimum Gasteiger partial charge on any atom is -0.481 e. The maximum Gasteiger partial charge on any atom is 0.307 e. The van der Waals surface area contributed by atoms with E-state index in [-0.39, 0.29) is 6.42 Å². The summed E-state index contributed by atoms with van der Waals surface area (Å²) in [5, 5.41) is 8.98. The van der Waals surface area contributed by atoms with Crippen molar-refractivity contribution in [3.8, 4) is 0 Å². The zero-order valence-electron chi connectivity index (χ0n) is 14.7. The third kappa shape index (κ3) is 4.12. The first-order valence-electron chi connectivity index (χ1n) is 8.67. The molecule has 4 nitrogen and oxygen atoms in total. The summed E-state index contributed by atoms with van der Waals surface area (Å²) in [7, 11) is 0. The Balaban J connectivity index is 2.48. The van der Waals surface area contributed by atoms with Crippen LogP contribution in [0, 0.1) is 5.92 Å². The molecule has 1 heterocycles. The Labute approximate surface area is 138 Å². The fourth-order valence-corrected chi connectivity index (χ4v) is 3.07. The molecule has 0 bridgehead atoms. The summed E-state index contributed by atoms with van der Waals surface area (Å²) >= 11 is 0. The van der Waals surface area contributed by atoms with Gasteiger partial charge in [-0.05, 0) is 42.9 Å². The molecule has 0 amide bonds. The summed E-state index contributed by atoms with van der Waals surface area (Å²) in [5.74, 6) is 1.45. The molecule has 1 aromatic carbocycles. The third-order valence-corrected chi connectivity index (χ3v) is 4.48. The molecule has 0 spiro atoms. The van der Waals surface area contributed by atoms with E-state index in [0.29, 0.717) is 11.8 Å². The van der Waals surface area contributed by atoms with E-state index in [4.69, 9.17) is 10.1 Å². The smallest absolute Gasteiger partial charge is 0.307 e. The van der Waals surface area contributed by atoms with Crippen molar-refractivity contribution in [2.24, 2.45) is 5.92 Å². The molecule has 0 atom stereocenters. The number of fused-ring (bicyclic) bond motifs is 1. The van der Waals surface area contributed by atoms with Crippen LogP contribution in [0.15, 0.2) is 18.2 Å². The normalized spacial score (nSPS) is 11.7. The number of carbonyl (C=O) groups is 1. The van der Waals surface area contributed by atoms with Gasteiger partial charge in [0.05, 0.1) is 17.5 Å². The summed E-state index contributed by atoms with van der Waals surface area (Å²) in [4.78, 5) is 15.8. The van der Waals surface area contributed by atoms with E-state index in [1.165, 1.54) is 0 Å². The first-order valence-corrected chi connectivity index (χ1v) is 8.67. The lowest BCUT2D eigenvalue weighted by Gasteiger charge is -2.16. The van der Waals surface area contributed by atoms with Crippen molar-refractivity contribution in [1.82, 2.24) is 9.55 Å². The van der Waals surface area contributed by atoms with Crippen molar-refractivity contribution < 1.29 is 9.90 Å². The number of carboxylic acids is 1. The standard InChI is InChI=1S/C19H28N2O2/c1-5-15(6-2)19-20-16-11-14(12-18(22)23)7-8-17(16)21(19)10-9-13(3)4/h7-8,11,13,15H,5-6,9-10,12H2,1-4H3,(H,22,23). The number of aliphatic carboxylic acids is 1. The van der Waals surface area contributed by atoms with Gasteiger partial charge >= 0.3 is 5.97 Å². The number of hydrogen-bond donors (Lipinski definition) is 1. The monoisotopic (exact) mass is 316 g/mol. The Hall–Kier alpha value is -1.84. The van der Waals surface area contributed by atoms with E-state index >= 15 is 0 Å². The minimum absolute atomic E-state index is 0.0507. The Morgan fingerprint density at radius 3 is 2.52 bits per heavy atom. The van der Waals surface area contributed by atoms with Crippen molar-refractivity contribution in [3.05, 3.63) is 29.6 Å². The predicted octanol–water partition coefficient (Wildman–Crippen LogP) is 4.61. The molecule has 0 radical (unpaired) electrons. The zero-order chi connectivity index (χ0) is 17.0. The molecular weight excluding hydrogens is 288 g/mol. The fourth-order valence-electron chi connectivity index (χ4n) is 3.07. The van der Waals surface area contributed by atoms with Crippen LogP contribution in [0.25, 0.3) is 11.0 Å². The Kier molecular flexibility index (Phi) is 5.80. The van der Waals surface area contributed by atoms with Crippen LogP contribution in [0.4, 0.5) is 0 Å². The van der Waals surface area contributed by atoms with E-state index < -0.39 is 5.97 Å². The van der Waals surface area contributed by atoms with Crippen LogP contribution in [0.1, 0.15) is 64.3 Å². The maximum absolute atomic E-state index is 10.9. The fraction of sp³-hybridized carbons (Fsp3) is 0.579. The number of nitrogens with zero attached hydrogens (tertiary/aromatic N) is 2. The van der Waals surface area contributed by atoms with Gasteiger partial charge in [0.2, 0.25) is 0 Å². The molecule has 1 aromatic heterocycles. The molecule has 4 heteroatoms. The number of aryl methyl sites for hydroxylation is 1. The summed E-state index contributed by atoms with van der Waals surface area (Å²) < 4.78 is 2.34. The van der Waals surface area contributed by atoms with Crippen LogP contribution in [0.5, 0.6) is 0 Å². The molecule has 0 aliphatic heterocycles. The van der Waals surface area contributed by atoms with Crippen LogP contribution in [-0.4, -0.2) is 20.6 Å². The van der Waals surface area contributed by atoms with E-state index in [2.05, 4.69) is 32.3 Å². The van der Waals surface area contributed by atoms with Crippen molar-refractivity contribution in [2.75, 3.05) is 0 Å². The highest BCUT2D eigenvalue weighted by molar-refractivity contribution is 5.79. The molecule has 2 rings (SSSR count). The van der Waals surface area contributed by atoms with Gasteiger partial charge in [-0.25, -0.2) is 4.98 Å². The number of hydrogen-bond acceptors (Lipinski definition) is 2. The van der Waals surface area contributed by atoms with Crippen molar-refractivity contribution >= 4 is 17.0 Å². The lowest BCUT2D eigenvalue weighted by molar-refractivity contribution is -0.136. The SMILES string of the molecule is CCC(CC)c1nc2cc(CC(=O)O)ccc2n1CCC(C)C. The Bertz CT molecular complexity index is 669. The Morgan fingerprint density at radius 1 is 1.26 bits per heavy atom. The Morgan fingerprint density at radius 2 is 1.96 bits per heavy atom. The second-order valence-corrected chi connectivity index (χ2v) is 6.71. The quantitative estimate of drug-likeness (QED) is 0.773. The number of carboxylic acid groups (broad SMARTS) is 1. The second kappa shape index (κ2) is 7.62. The van der Waals surface area contributed by atoms with Gasteiger partial charge in [-0.15, -0.1) is 0 Å². The van der Waals surface area contributed by atoms with Crippen LogP contribution in [-0.2, 0) is 17.8 Å². The third-order valence-electron chi connectivity index (χ3n) is 4.48. The van der Waals surface area contributed by atoms with Gasteiger partial charge in [0.15, 0.2) is 0 Å². The number of aromatic nitrogens is 2. The van der Waals surface area contributed by atoms with Crippen molar-refractivity contribution in [3.63, 3.8) is 0 Å². The van der Waals surface area contributed by atoms with Gasteiger partial charge in [-0.1, -0.05) is 33.8 Å². The molecule has 0 unspecified atom stereocenters.